The molecule has 7 rings (SSSR count). The minimum absolute atomic E-state index is 1.32. The van der Waals surface area contributed by atoms with Gasteiger partial charge in [0.1, 0.15) is 0 Å². The highest BCUT2D eigenvalue weighted by Gasteiger charge is 2.15. The van der Waals surface area contributed by atoms with Crippen molar-refractivity contribution in [2.45, 2.75) is 13.8 Å². The summed E-state index contributed by atoms with van der Waals surface area (Å²) >= 11 is 5.83. The highest BCUT2D eigenvalue weighted by atomic mass is 32.1. The largest absolute Gasteiger partial charge is 0.135 e. The number of rotatable bonds is 0. The summed E-state index contributed by atoms with van der Waals surface area (Å²) in [5.74, 6) is 0. The van der Waals surface area contributed by atoms with Gasteiger partial charge in [-0.15, -0.1) is 34.0 Å². The minimum atomic E-state index is 1.32. The van der Waals surface area contributed by atoms with Gasteiger partial charge >= 0.3 is 0 Å². The zero-order chi connectivity index (χ0) is 19.3. The normalized spacial score (nSPS) is 12.5. The topological polar surface area (TPSA) is 0 Å². The summed E-state index contributed by atoms with van der Waals surface area (Å²) in [6, 6.07) is 23.2. The molecule has 0 unspecified atom stereocenters. The molecule has 0 N–H and O–H groups in total. The Labute approximate surface area is 179 Å². The average Bonchev–Trinajstić information content (AvgIpc) is 3.33. The first-order valence-electron chi connectivity index (χ1n) is 9.76. The molecule has 3 aromatic heterocycles. The van der Waals surface area contributed by atoms with Gasteiger partial charge in [-0.1, -0.05) is 35.9 Å². The van der Waals surface area contributed by atoms with E-state index in [2.05, 4.69) is 74.5 Å². The summed E-state index contributed by atoms with van der Waals surface area (Å²) in [5.41, 5.74) is 2.66. The molecule has 3 heterocycles. The summed E-state index contributed by atoms with van der Waals surface area (Å²) < 4.78 is 8.49. The molecule has 0 saturated carbocycles. The summed E-state index contributed by atoms with van der Waals surface area (Å²) in [5, 5.41) is 8.30. The molecular weight excluding hydrogens is 408 g/mol. The molecule has 0 aliphatic carbocycles. The molecule has 0 spiro atoms. The molecule has 0 atom stereocenters. The second-order valence-corrected chi connectivity index (χ2v) is 11.2. The monoisotopic (exact) mass is 424 g/mol. The van der Waals surface area contributed by atoms with Gasteiger partial charge in [0.2, 0.25) is 0 Å². The van der Waals surface area contributed by atoms with Crippen LogP contribution in [0.2, 0.25) is 0 Å². The molecule has 7 aromatic rings. The second kappa shape index (κ2) is 5.57. The first kappa shape index (κ1) is 16.3. The Hall–Kier alpha value is -2.46. The molecular formula is C26H16S3. The van der Waals surface area contributed by atoms with Crippen LogP contribution < -0.4 is 0 Å². The maximum atomic E-state index is 2.43. The molecule has 0 radical (unpaired) electrons. The predicted octanol–water partition coefficient (Wildman–Crippen LogP) is 9.41. The Morgan fingerprint density at radius 3 is 1.93 bits per heavy atom. The third-order valence-corrected chi connectivity index (χ3v) is 9.56. The number of benzene rings is 4. The van der Waals surface area contributed by atoms with Gasteiger partial charge < -0.3 is 0 Å². The highest BCUT2D eigenvalue weighted by molar-refractivity contribution is 7.36. The van der Waals surface area contributed by atoms with Gasteiger partial charge in [-0.3, -0.25) is 0 Å². The number of fused-ring (bicyclic) bond motifs is 9. The van der Waals surface area contributed by atoms with Crippen molar-refractivity contribution in [2.75, 3.05) is 0 Å². The van der Waals surface area contributed by atoms with Crippen molar-refractivity contribution in [3.63, 3.8) is 0 Å². The van der Waals surface area contributed by atoms with E-state index in [9.17, 15) is 0 Å². The van der Waals surface area contributed by atoms with Crippen LogP contribution in [0.3, 0.4) is 0 Å². The van der Waals surface area contributed by atoms with Crippen LogP contribution in [0.1, 0.15) is 11.1 Å². The van der Waals surface area contributed by atoms with E-state index in [0.717, 1.165) is 0 Å². The third kappa shape index (κ3) is 2.24. The van der Waals surface area contributed by atoms with Crippen LogP contribution in [0, 0.1) is 13.8 Å². The molecule has 0 nitrogen and oxygen atoms in total. The van der Waals surface area contributed by atoms with Crippen LogP contribution >= 0.6 is 34.0 Å². The fourth-order valence-electron chi connectivity index (χ4n) is 4.50. The lowest BCUT2D eigenvalue weighted by Gasteiger charge is -2.00. The molecule has 0 aliphatic heterocycles. The zero-order valence-corrected chi connectivity index (χ0v) is 18.4. The first-order chi connectivity index (χ1) is 14.1. The van der Waals surface area contributed by atoms with E-state index >= 15 is 0 Å². The van der Waals surface area contributed by atoms with Crippen molar-refractivity contribution in [1.29, 1.82) is 0 Å². The molecule has 4 aromatic carbocycles. The van der Waals surface area contributed by atoms with E-state index < -0.39 is 0 Å². The van der Waals surface area contributed by atoms with Crippen molar-refractivity contribution in [3.05, 3.63) is 71.8 Å². The van der Waals surface area contributed by atoms with Gasteiger partial charge in [-0.05, 0) is 60.5 Å². The summed E-state index contributed by atoms with van der Waals surface area (Å²) in [6.45, 7) is 4.34. The standard InChI is InChI=1S/C26H16S3/c1-13-3-5-15-9-19-22(10-16(15)7-13)28-26-20-12-23-18(11-24(20)29-25(19)26)17-6-4-14(2)8-21(17)27-23/h3-12H,1-2H3. The van der Waals surface area contributed by atoms with Crippen LogP contribution in [-0.2, 0) is 0 Å². The fourth-order valence-corrected chi connectivity index (χ4v) is 8.41. The zero-order valence-electron chi connectivity index (χ0n) is 16.0. The van der Waals surface area contributed by atoms with Crippen molar-refractivity contribution >= 4 is 94.5 Å². The van der Waals surface area contributed by atoms with Crippen molar-refractivity contribution in [3.8, 4) is 0 Å². The lowest BCUT2D eigenvalue weighted by atomic mass is 10.1. The van der Waals surface area contributed by atoms with Crippen LogP contribution in [0.15, 0.2) is 60.7 Å². The predicted molar refractivity (Wildman–Crippen MR) is 135 cm³/mol. The van der Waals surface area contributed by atoms with Gasteiger partial charge in [0.05, 0.1) is 9.40 Å². The summed E-state index contributed by atoms with van der Waals surface area (Å²) in [6.07, 6.45) is 0. The van der Waals surface area contributed by atoms with E-state index in [1.165, 1.54) is 71.6 Å². The van der Waals surface area contributed by atoms with Crippen molar-refractivity contribution in [2.24, 2.45) is 0 Å². The fraction of sp³-hybridized carbons (Fsp3) is 0.0769. The van der Waals surface area contributed by atoms with E-state index in [0.29, 0.717) is 0 Å². The Kier molecular flexibility index (Phi) is 3.14. The minimum Gasteiger partial charge on any atom is -0.135 e. The molecule has 0 amide bonds. The smallest absolute Gasteiger partial charge is 0.0542 e. The van der Waals surface area contributed by atoms with Crippen molar-refractivity contribution in [1.82, 2.24) is 0 Å². The van der Waals surface area contributed by atoms with Crippen LogP contribution in [0.5, 0.6) is 0 Å². The number of aryl methyl sites for hydroxylation is 2. The lowest BCUT2D eigenvalue weighted by Crippen LogP contribution is -1.75. The average molecular weight is 425 g/mol. The number of hydrogen-bond donors (Lipinski definition) is 0. The maximum Gasteiger partial charge on any atom is 0.0542 e. The SMILES string of the molecule is Cc1ccc2cc3c(cc2c1)sc1c2cc4sc5cc(C)ccc5c4cc2sc31. The van der Waals surface area contributed by atoms with Gasteiger partial charge in [-0.2, -0.15) is 0 Å². The van der Waals surface area contributed by atoms with E-state index in [1.807, 2.05) is 34.0 Å². The van der Waals surface area contributed by atoms with Crippen LogP contribution in [0.25, 0.3) is 60.5 Å². The van der Waals surface area contributed by atoms with E-state index in [4.69, 9.17) is 0 Å². The second-order valence-electron chi connectivity index (χ2n) is 8.01. The molecule has 3 heteroatoms. The maximum absolute atomic E-state index is 2.43. The Balaban J connectivity index is 1.60. The van der Waals surface area contributed by atoms with E-state index in [-0.39, 0.29) is 0 Å². The molecule has 138 valence electrons. The Morgan fingerprint density at radius 1 is 0.448 bits per heavy atom. The number of thiophene rings is 3. The summed E-state index contributed by atoms with van der Waals surface area (Å²) in [7, 11) is 0. The molecule has 29 heavy (non-hydrogen) atoms. The van der Waals surface area contributed by atoms with Crippen LogP contribution in [0.4, 0.5) is 0 Å². The summed E-state index contributed by atoms with van der Waals surface area (Å²) in [4.78, 5) is 0. The molecule has 0 fully saturated rings. The van der Waals surface area contributed by atoms with Crippen LogP contribution in [-0.4, -0.2) is 0 Å². The van der Waals surface area contributed by atoms with Gasteiger partial charge in [-0.25, -0.2) is 0 Å². The van der Waals surface area contributed by atoms with Gasteiger partial charge in [0.15, 0.2) is 0 Å². The lowest BCUT2D eigenvalue weighted by molar-refractivity contribution is 1.51. The van der Waals surface area contributed by atoms with Gasteiger partial charge in [0.25, 0.3) is 0 Å². The molecule has 0 saturated heterocycles. The highest BCUT2D eigenvalue weighted by Crippen LogP contribution is 2.47. The van der Waals surface area contributed by atoms with E-state index in [1.54, 1.807) is 0 Å². The van der Waals surface area contributed by atoms with Gasteiger partial charge in [0, 0.05) is 40.3 Å². The quantitative estimate of drug-likeness (QED) is 0.227. The number of hydrogen-bond acceptors (Lipinski definition) is 3. The first-order valence-corrected chi connectivity index (χ1v) is 12.2. The Morgan fingerprint density at radius 2 is 1.07 bits per heavy atom. The Bertz CT molecular complexity index is 1760. The molecule has 0 aliphatic rings. The third-order valence-electron chi connectivity index (χ3n) is 5.94. The van der Waals surface area contributed by atoms with Crippen molar-refractivity contribution < 1.29 is 0 Å². The molecule has 0 bridgehead atoms.